The standard InChI is InChI=1S/C21H41N3O5/c1-21(2,3)29-20(26)23-13-9-12-17(22)19(25)24(15-18(27-4)28-5)14-16-10-7-6-8-11-16/h16-18H,6-15,22H2,1-5H3,(H,23,26)/t17-/m0/s1. The Balaban J connectivity index is 2.51. The van der Waals surface area contributed by atoms with Crippen LogP contribution in [0.1, 0.15) is 65.7 Å². The lowest BCUT2D eigenvalue weighted by atomic mass is 9.88. The normalized spacial score (nSPS) is 16.5. The fourth-order valence-corrected chi connectivity index (χ4v) is 3.55. The van der Waals surface area contributed by atoms with E-state index < -0.39 is 24.0 Å². The van der Waals surface area contributed by atoms with Crippen molar-refractivity contribution >= 4 is 12.0 Å². The second kappa shape index (κ2) is 13.0. The maximum atomic E-state index is 13.0. The van der Waals surface area contributed by atoms with Crippen LogP contribution in [-0.2, 0) is 19.0 Å². The number of nitrogens with zero attached hydrogens (tertiary/aromatic N) is 1. The maximum Gasteiger partial charge on any atom is 0.407 e. The lowest BCUT2D eigenvalue weighted by molar-refractivity contribution is -0.148. The summed E-state index contributed by atoms with van der Waals surface area (Å²) >= 11 is 0. The van der Waals surface area contributed by atoms with Crippen molar-refractivity contribution in [2.45, 2.75) is 83.6 Å². The number of alkyl carbamates (subject to hydrolysis) is 1. The van der Waals surface area contributed by atoms with Crippen LogP contribution in [0.4, 0.5) is 4.79 Å². The molecule has 0 aromatic carbocycles. The van der Waals surface area contributed by atoms with Gasteiger partial charge in [0.15, 0.2) is 6.29 Å². The van der Waals surface area contributed by atoms with Crippen LogP contribution in [0.5, 0.6) is 0 Å². The van der Waals surface area contributed by atoms with Gasteiger partial charge in [-0.05, 0) is 52.4 Å². The van der Waals surface area contributed by atoms with E-state index >= 15 is 0 Å². The van der Waals surface area contributed by atoms with E-state index in [1.807, 2.05) is 20.8 Å². The van der Waals surface area contributed by atoms with Gasteiger partial charge in [0.2, 0.25) is 5.91 Å². The predicted octanol–water partition coefficient (Wildman–Crippen LogP) is 2.65. The van der Waals surface area contributed by atoms with Gasteiger partial charge in [-0.3, -0.25) is 4.79 Å². The molecule has 8 nitrogen and oxygen atoms in total. The average Bonchev–Trinajstić information content (AvgIpc) is 2.67. The molecule has 29 heavy (non-hydrogen) atoms. The van der Waals surface area contributed by atoms with Crippen LogP contribution >= 0.6 is 0 Å². The van der Waals surface area contributed by atoms with Crippen LogP contribution in [0.2, 0.25) is 0 Å². The van der Waals surface area contributed by atoms with E-state index in [0.29, 0.717) is 38.4 Å². The molecule has 0 spiro atoms. The molecule has 0 aliphatic heterocycles. The summed E-state index contributed by atoms with van der Waals surface area (Å²) in [7, 11) is 3.14. The summed E-state index contributed by atoms with van der Waals surface area (Å²) in [6, 6.07) is -0.617. The van der Waals surface area contributed by atoms with E-state index in [1.54, 1.807) is 19.1 Å². The van der Waals surface area contributed by atoms with Crippen molar-refractivity contribution in [3.8, 4) is 0 Å². The summed E-state index contributed by atoms with van der Waals surface area (Å²) in [6.45, 7) is 6.91. The molecule has 1 fully saturated rings. The highest BCUT2D eigenvalue weighted by Crippen LogP contribution is 2.25. The van der Waals surface area contributed by atoms with Gasteiger partial charge in [-0.25, -0.2) is 4.79 Å². The fourth-order valence-electron chi connectivity index (χ4n) is 3.55. The van der Waals surface area contributed by atoms with Gasteiger partial charge in [-0.2, -0.15) is 0 Å². The summed E-state index contributed by atoms with van der Waals surface area (Å²) < 4.78 is 15.8. The second-order valence-electron chi connectivity index (χ2n) is 8.83. The molecule has 0 unspecified atom stereocenters. The Hall–Kier alpha value is -1.38. The summed E-state index contributed by atoms with van der Waals surface area (Å²) in [5, 5.41) is 2.70. The molecule has 0 radical (unpaired) electrons. The van der Waals surface area contributed by atoms with Crippen molar-refractivity contribution in [1.82, 2.24) is 10.2 Å². The van der Waals surface area contributed by atoms with E-state index in [9.17, 15) is 9.59 Å². The van der Waals surface area contributed by atoms with Crippen LogP contribution < -0.4 is 11.1 Å². The Bertz CT molecular complexity index is 485. The molecule has 170 valence electrons. The molecular weight excluding hydrogens is 374 g/mol. The Kier molecular flexibility index (Phi) is 11.5. The topological polar surface area (TPSA) is 103 Å². The summed E-state index contributed by atoms with van der Waals surface area (Å²) in [5.74, 6) is 0.412. The van der Waals surface area contributed by atoms with Gasteiger partial charge in [0, 0.05) is 27.3 Å². The summed E-state index contributed by atoms with van der Waals surface area (Å²) in [4.78, 5) is 26.5. The highest BCUT2D eigenvalue weighted by Gasteiger charge is 2.27. The molecule has 0 aromatic rings. The molecule has 1 atom stereocenters. The average molecular weight is 416 g/mol. The molecule has 1 aliphatic rings. The van der Waals surface area contributed by atoms with Gasteiger partial charge >= 0.3 is 6.09 Å². The second-order valence-corrected chi connectivity index (χ2v) is 8.83. The van der Waals surface area contributed by atoms with Gasteiger partial charge in [-0.15, -0.1) is 0 Å². The van der Waals surface area contributed by atoms with E-state index in [-0.39, 0.29) is 5.91 Å². The van der Waals surface area contributed by atoms with Gasteiger partial charge in [0.1, 0.15) is 5.60 Å². The largest absolute Gasteiger partial charge is 0.444 e. The zero-order chi connectivity index (χ0) is 21.9. The molecule has 0 bridgehead atoms. The first-order chi connectivity index (χ1) is 13.7. The minimum atomic E-state index is -0.617. The van der Waals surface area contributed by atoms with Gasteiger partial charge in [0.05, 0.1) is 12.6 Å². The highest BCUT2D eigenvalue weighted by atomic mass is 16.7. The lowest BCUT2D eigenvalue weighted by Crippen LogP contribution is -2.49. The van der Waals surface area contributed by atoms with Crippen molar-refractivity contribution in [2.24, 2.45) is 11.7 Å². The number of methoxy groups -OCH3 is 2. The fraction of sp³-hybridized carbons (Fsp3) is 0.905. The highest BCUT2D eigenvalue weighted by molar-refractivity contribution is 5.81. The molecule has 1 rings (SSSR count). The first-order valence-corrected chi connectivity index (χ1v) is 10.7. The Morgan fingerprint density at radius 2 is 1.76 bits per heavy atom. The predicted molar refractivity (Wildman–Crippen MR) is 112 cm³/mol. The van der Waals surface area contributed by atoms with E-state index in [1.165, 1.54) is 19.3 Å². The first kappa shape index (κ1) is 25.7. The zero-order valence-corrected chi connectivity index (χ0v) is 18.9. The zero-order valence-electron chi connectivity index (χ0n) is 18.9. The van der Waals surface area contributed by atoms with Gasteiger partial charge in [0.25, 0.3) is 0 Å². The quantitative estimate of drug-likeness (QED) is 0.397. The molecule has 3 N–H and O–H groups in total. The van der Waals surface area contributed by atoms with Crippen LogP contribution in [0.15, 0.2) is 0 Å². The molecule has 0 heterocycles. The Morgan fingerprint density at radius 1 is 1.14 bits per heavy atom. The van der Waals surface area contributed by atoms with Crippen LogP contribution in [0.25, 0.3) is 0 Å². The maximum absolute atomic E-state index is 13.0. The van der Waals surface area contributed by atoms with E-state index in [4.69, 9.17) is 19.9 Å². The van der Waals surface area contributed by atoms with Crippen molar-refractivity contribution in [3.63, 3.8) is 0 Å². The number of nitrogens with two attached hydrogens (primary N) is 1. The van der Waals surface area contributed by atoms with Crippen molar-refractivity contribution in [1.29, 1.82) is 0 Å². The van der Waals surface area contributed by atoms with Crippen LogP contribution in [0.3, 0.4) is 0 Å². The molecule has 0 saturated heterocycles. The van der Waals surface area contributed by atoms with Gasteiger partial charge < -0.3 is 30.2 Å². The Morgan fingerprint density at radius 3 is 2.31 bits per heavy atom. The monoisotopic (exact) mass is 415 g/mol. The molecule has 1 saturated carbocycles. The van der Waals surface area contributed by atoms with Gasteiger partial charge in [-0.1, -0.05) is 19.3 Å². The molecule has 0 aromatic heterocycles. The van der Waals surface area contributed by atoms with Crippen LogP contribution in [-0.4, -0.2) is 68.7 Å². The van der Waals surface area contributed by atoms with E-state index in [2.05, 4.69) is 5.32 Å². The smallest absolute Gasteiger partial charge is 0.407 e. The first-order valence-electron chi connectivity index (χ1n) is 10.7. The molecule has 2 amide bonds. The lowest BCUT2D eigenvalue weighted by Gasteiger charge is -2.33. The molecule has 1 aliphatic carbocycles. The third-order valence-electron chi connectivity index (χ3n) is 5.09. The van der Waals surface area contributed by atoms with Crippen molar-refractivity contribution in [2.75, 3.05) is 33.9 Å². The number of amides is 2. The van der Waals surface area contributed by atoms with Crippen molar-refractivity contribution < 1.29 is 23.8 Å². The number of carbonyl (C=O) groups excluding carboxylic acids is 2. The number of hydrogen-bond donors (Lipinski definition) is 2. The minimum absolute atomic E-state index is 0.0908. The Labute approximate surface area is 175 Å². The molecular formula is C21H41N3O5. The third kappa shape index (κ3) is 10.8. The SMILES string of the molecule is COC(CN(CC1CCCCC1)C(=O)[C@@H](N)CCCNC(=O)OC(C)(C)C)OC. The summed E-state index contributed by atoms with van der Waals surface area (Å²) in [6.07, 6.45) is 6.14. The third-order valence-corrected chi connectivity index (χ3v) is 5.09. The number of rotatable bonds is 11. The number of nitrogens with one attached hydrogen (secondary N) is 1. The number of ether oxygens (including phenoxy) is 3. The minimum Gasteiger partial charge on any atom is -0.444 e. The number of carbonyl (C=O) groups is 2. The summed E-state index contributed by atoms with van der Waals surface area (Å²) in [5.41, 5.74) is 5.65. The van der Waals surface area contributed by atoms with E-state index in [0.717, 1.165) is 12.8 Å². The molecule has 8 heteroatoms. The van der Waals surface area contributed by atoms with Crippen molar-refractivity contribution in [3.05, 3.63) is 0 Å². The number of hydrogen-bond acceptors (Lipinski definition) is 6. The van der Waals surface area contributed by atoms with Crippen LogP contribution in [0, 0.1) is 5.92 Å².